The summed E-state index contributed by atoms with van der Waals surface area (Å²) < 4.78 is 13.4. The van der Waals surface area contributed by atoms with E-state index in [9.17, 15) is 62.3 Å². The van der Waals surface area contributed by atoms with Gasteiger partial charge >= 0.3 is 0 Å². The Kier molecular flexibility index (Phi) is 24.8. The molecule has 9 rings (SSSR count). The number of hydrogen-bond donors (Lipinski definition) is 14. The molecule has 0 spiro atoms. The zero-order chi connectivity index (χ0) is 77.7. The Bertz CT molecular complexity index is 4940. The van der Waals surface area contributed by atoms with Crippen LogP contribution < -0.4 is 74.0 Å². The molecule has 0 unspecified atom stereocenters. The van der Waals surface area contributed by atoms with Gasteiger partial charge in [0.25, 0.3) is 53.2 Å². The lowest BCUT2D eigenvalue weighted by atomic mass is 10.3. The summed E-state index contributed by atoms with van der Waals surface area (Å²) in [5.41, 5.74) is 3.58. The summed E-state index contributed by atoms with van der Waals surface area (Å²) >= 11 is 0. The summed E-state index contributed by atoms with van der Waals surface area (Å²) in [5.74, 6) is -6.14. The molecule has 0 aliphatic heterocycles. The minimum Gasteiger partial charge on any atom is -0.356 e. The third kappa shape index (κ3) is 20.4. The Balaban J connectivity index is 0.663. The summed E-state index contributed by atoms with van der Waals surface area (Å²) in [5, 5.41) is 35.4. The topological polar surface area (TPSA) is 453 Å². The van der Waals surface area contributed by atoms with E-state index in [1.54, 1.807) is 86.6 Å². The van der Waals surface area contributed by atoms with E-state index in [0.717, 1.165) is 13.0 Å². The van der Waals surface area contributed by atoms with E-state index in [2.05, 4.69) is 79.1 Å². The minimum absolute atomic E-state index is 0.0250. The van der Waals surface area contributed by atoms with Crippen LogP contribution in [-0.2, 0) is 82.6 Å². The van der Waals surface area contributed by atoms with Crippen molar-refractivity contribution in [3.8, 4) is 0 Å². The number of carbonyl (C=O) groups is 13. The fourth-order valence-corrected chi connectivity index (χ4v) is 11.3. The van der Waals surface area contributed by atoms with Gasteiger partial charge in [0.1, 0.15) is 39.9 Å². The molecule has 107 heavy (non-hydrogen) atoms. The van der Waals surface area contributed by atoms with Crippen molar-refractivity contribution < 1.29 is 67.2 Å². The Morgan fingerprint density at radius 1 is 0.299 bits per heavy atom. The normalized spacial score (nSPS) is 11.0. The van der Waals surface area contributed by atoms with Crippen molar-refractivity contribution in [2.45, 2.75) is 39.0 Å². The maximum Gasteiger partial charge on any atom is 0.291 e. The highest BCUT2D eigenvalue weighted by Gasteiger charge is 2.25. The number of imidazole rings is 2. The van der Waals surface area contributed by atoms with Gasteiger partial charge in [-0.15, -0.1) is 0 Å². The Morgan fingerprint density at radius 2 is 0.589 bits per heavy atom. The molecular formula is C69H86N25O13+. The molecule has 0 saturated carbocycles. The van der Waals surface area contributed by atoms with Crippen LogP contribution in [0.1, 0.15) is 134 Å². The van der Waals surface area contributed by atoms with E-state index in [1.807, 2.05) is 14.1 Å². The highest BCUT2D eigenvalue weighted by Crippen LogP contribution is 2.24. The van der Waals surface area contributed by atoms with Crippen LogP contribution in [0.15, 0.2) is 98.2 Å². The lowest BCUT2D eigenvalue weighted by Crippen LogP contribution is -3.05. The maximum absolute atomic E-state index is 13.6. The van der Waals surface area contributed by atoms with E-state index >= 15 is 0 Å². The van der Waals surface area contributed by atoms with Crippen LogP contribution in [0, 0.1) is 0 Å². The zero-order valence-electron chi connectivity index (χ0n) is 61.0. The van der Waals surface area contributed by atoms with E-state index in [-0.39, 0.29) is 137 Å². The Hall–Kier alpha value is -13.6. The van der Waals surface area contributed by atoms with Crippen LogP contribution in [0.5, 0.6) is 0 Å². The molecule has 13 amide bonds. The lowest BCUT2D eigenvalue weighted by Gasteiger charge is -2.09. The van der Waals surface area contributed by atoms with E-state index in [0.29, 0.717) is 29.3 Å². The quantitative estimate of drug-likeness (QED) is 0.0267. The fraction of sp³-hybridized carbons (Fsp3) is 0.319. The predicted octanol–water partition coefficient (Wildman–Crippen LogP) is 1.67. The second kappa shape index (κ2) is 34.2. The Morgan fingerprint density at radius 3 is 0.953 bits per heavy atom. The number of anilines is 9. The molecule has 564 valence electrons. The number of nitrogens with one attached hydrogen (secondary N) is 14. The average Bonchev–Trinajstić information content (AvgIpc) is 1.70. The Labute approximate surface area is 612 Å². The molecule has 9 aromatic heterocycles. The van der Waals surface area contributed by atoms with Crippen molar-refractivity contribution in [2.75, 3.05) is 94.7 Å². The first-order chi connectivity index (χ1) is 50.7. The molecule has 0 atom stereocenters. The molecule has 0 bridgehead atoms. The first kappa shape index (κ1) is 77.6. The smallest absolute Gasteiger partial charge is 0.291 e. The van der Waals surface area contributed by atoms with Crippen LogP contribution in [0.25, 0.3) is 0 Å². The summed E-state index contributed by atoms with van der Waals surface area (Å²) in [6, 6.07) is 10.3. The summed E-state index contributed by atoms with van der Waals surface area (Å²) in [6.07, 6.45) is 14.7. The largest absolute Gasteiger partial charge is 0.356 e. The van der Waals surface area contributed by atoms with E-state index < -0.39 is 65.0 Å². The van der Waals surface area contributed by atoms with Crippen molar-refractivity contribution in [2.24, 2.45) is 63.4 Å². The van der Waals surface area contributed by atoms with Crippen LogP contribution in [0.4, 0.5) is 51.4 Å². The number of amides is 13. The van der Waals surface area contributed by atoms with Gasteiger partial charge in [-0.25, -0.2) is 9.97 Å². The minimum atomic E-state index is -0.654. The third-order valence-corrected chi connectivity index (χ3v) is 16.5. The van der Waals surface area contributed by atoms with Gasteiger partial charge in [0, 0.05) is 178 Å². The van der Waals surface area contributed by atoms with Gasteiger partial charge in [0.05, 0.1) is 60.5 Å². The molecule has 0 fully saturated rings. The number of aryl methyl sites for hydroxylation is 9. The molecule has 0 aromatic carbocycles. The van der Waals surface area contributed by atoms with Crippen molar-refractivity contribution in [1.82, 2.24) is 72.3 Å². The number of carbonyl (C=O) groups excluding carboxylic acids is 13. The molecule has 9 heterocycles. The molecule has 0 aliphatic carbocycles. The molecule has 9 aromatic rings. The molecule has 14 N–H and O–H groups in total. The molecule has 38 nitrogen and oxygen atoms in total. The van der Waals surface area contributed by atoms with Gasteiger partial charge in [0.15, 0.2) is 11.6 Å². The van der Waals surface area contributed by atoms with Crippen LogP contribution in [0.3, 0.4) is 0 Å². The monoisotopic (exact) mass is 1470 g/mol. The third-order valence-electron chi connectivity index (χ3n) is 16.5. The number of aromatic nitrogens is 11. The van der Waals surface area contributed by atoms with Gasteiger partial charge in [-0.2, -0.15) is 0 Å². The van der Waals surface area contributed by atoms with Crippen LogP contribution >= 0.6 is 0 Å². The van der Waals surface area contributed by atoms with Gasteiger partial charge in [-0.1, -0.05) is 0 Å². The lowest BCUT2D eigenvalue weighted by molar-refractivity contribution is -0.858. The average molecular weight is 1470 g/mol. The van der Waals surface area contributed by atoms with Crippen molar-refractivity contribution in [1.29, 1.82) is 0 Å². The van der Waals surface area contributed by atoms with Gasteiger partial charge < -0.3 is 115 Å². The number of hydrogen-bond acceptors (Lipinski definition) is 15. The van der Waals surface area contributed by atoms with Crippen LogP contribution in [0.2, 0.25) is 0 Å². The van der Waals surface area contributed by atoms with Gasteiger partial charge in [-0.05, 0) is 48.9 Å². The first-order valence-electron chi connectivity index (χ1n) is 33.6. The standard InChI is InChI=1S/C69H85N25O13/c1-39(95)74-40-23-53(89(7)30-40)67(105)84-55-38-94(12)60(83-55)69(107)79-45-27-47(88(6)35-45)61(99)71-18-13-15-57(97)81-54-37-93(11)59(82-54)68(106)80-46-29-52(92(10)36-46)66(104)77-43-26-49(87(5)33-43)63(101)73-21-17-58(98)75-41-24-50(90(8)31-41)64(102)78-44-28-51(91(9)34-44)65(103)76-42-25-48(86(4)32-42)62(100)72-20-16-56(96)70-19-14-22-85(2)3/h23-38H,13-22H2,1-12H3,(H,70,96)(H,71,99)(H,72,100)(H,73,101)(H,74,95)(H,75,98)(H,76,103)(H,77,104)(H,78,102)(H,79,107)(H,80,106)(H,81,97)(H,84,105)/p+1. The van der Waals surface area contributed by atoms with Gasteiger partial charge in [-0.3, -0.25) is 62.3 Å². The second-order valence-electron chi connectivity index (χ2n) is 25.7. The molecule has 0 aliphatic rings. The summed E-state index contributed by atoms with van der Waals surface area (Å²) in [4.78, 5) is 179. The molecule has 0 saturated heterocycles. The summed E-state index contributed by atoms with van der Waals surface area (Å²) in [7, 11) is 18.5. The number of rotatable bonds is 32. The SMILES string of the molecule is CC(=O)Nc1cc(C(=O)Nc2cn(C)c(C(=O)Nc3cc(C(=O)NCCCC(=O)Nc4cn(C)c(C(=O)Nc5cc(C(=O)Nc6cc(C(=O)NCCC(=O)Nc7cc(C(=O)Nc8cc(C(=O)Nc9cc(C(=O)NCCC(=O)NCCC[NH+](C)C)n(C)c9)n(C)c8)n(C)c7)n(C)c6)n(C)c5)n4)n(C)c3)n2)n(C)c1. The van der Waals surface area contributed by atoms with Gasteiger partial charge in [0.2, 0.25) is 35.3 Å². The van der Waals surface area contributed by atoms with Crippen LogP contribution in [-0.4, -0.2) is 175 Å². The van der Waals surface area contributed by atoms with Crippen molar-refractivity contribution in [3.05, 3.63) is 150 Å². The van der Waals surface area contributed by atoms with E-state index in [1.165, 1.54) is 128 Å². The molecular weight excluding hydrogens is 1390 g/mol. The summed E-state index contributed by atoms with van der Waals surface area (Å²) in [6.45, 7) is 2.99. The fourth-order valence-electron chi connectivity index (χ4n) is 11.3. The highest BCUT2D eigenvalue weighted by atomic mass is 16.2. The molecule has 38 heteroatoms. The van der Waals surface area contributed by atoms with E-state index in [4.69, 9.17) is 0 Å². The second-order valence-corrected chi connectivity index (χ2v) is 25.7. The highest BCUT2D eigenvalue weighted by molar-refractivity contribution is 6.10. The predicted molar refractivity (Wildman–Crippen MR) is 394 cm³/mol. The maximum atomic E-state index is 13.6. The number of nitrogens with zero attached hydrogens (tertiary/aromatic N) is 11. The van der Waals surface area contributed by atoms with Crippen molar-refractivity contribution >= 4 is 128 Å². The first-order valence-corrected chi connectivity index (χ1v) is 33.6. The zero-order valence-corrected chi connectivity index (χ0v) is 61.0. The number of quaternary nitrogens is 1. The van der Waals surface area contributed by atoms with Crippen molar-refractivity contribution in [3.63, 3.8) is 0 Å². The molecule has 0 radical (unpaired) electrons.